The van der Waals surface area contributed by atoms with E-state index in [0.717, 1.165) is 17.8 Å². The molecule has 0 bridgehead atoms. The molecule has 0 fully saturated rings. The average molecular weight is 228 g/mol. The van der Waals surface area contributed by atoms with Crippen LogP contribution in [0.3, 0.4) is 0 Å². The fourth-order valence-corrected chi connectivity index (χ4v) is 1.85. The lowest BCUT2D eigenvalue weighted by atomic mass is 10.2. The van der Waals surface area contributed by atoms with Crippen LogP contribution in [0.15, 0.2) is 46.2 Å². The van der Waals surface area contributed by atoms with E-state index in [0.29, 0.717) is 12.5 Å². The van der Waals surface area contributed by atoms with Crippen molar-refractivity contribution in [2.75, 3.05) is 13.1 Å². The fourth-order valence-electron chi connectivity index (χ4n) is 1.85. The van der Waals surface area contributed by atoms with Crippen molar-refractivity contribution in [2.24, 2.45) is 4.99 Å². The Morgan fingerprint density at radius 1 is 1.24 bits per heavy atom. The maximum absolute atomic E-state index is 11.8. The van der Waals surface area contributed by atoms with Crippen LogP contribution in [0.25, 0.3) is 11.3 Å². The van der Waals surface area contributed by atoms with E-state index in [-0.39, 0.29) is 5.56 Å². The van der Waals surface area contributed by atoms with Gasteiger partial charge in [0.15, 0.2) is 0 Å². The van der Waals surface area contributed by atoms with E-state index in [1.54, 1.807) is 6.07 Å². The average Bonchev–Trinajstić information content (AvgIpc) is 2.99. The molecule has 1 aromatic heterocycles. The third kappa shape index (κ3) is 1.75. The molecule has 0 aliphatic carbocycles. The summed E-state index contributed by atoms with van der Waals surface area (Å²) in [4.78, 5) is 16.0. The van der Waals surface area contributed by atoms with Crippen molar-refractivity contribution in [1.82, 2.24) is 15.1 Å². The summed E-state index contributed by atoms with van der Waals surface area (Å²) in [5.41, 5.74) is 1.69. The molecule has 0 unspecified atom stereocenters. The van der Waals surface area contributed by atoms with Gasteiger partial charge in [0.25, 0.3) is 5.56 Å². The zero-order valence-electron chi connectivity index (χ0n) is 9.18. The Hall–Kier alpha value is -2.30. The van der Waals surface area contributed by atoms with Gasteiger partial charge in [0.1, 0.15) is 0 Å². The fraction of sp³-hybridized carbons (Fsp3) is 0.167. The van der Waals surface area contributed by atoms with Gasteiger partial charge in [-0.2, -0.15) is 4.68 Å². The standard InChI is InChI=1S/C12H12N4O/c17-11-8-10(9-4-2-1-3-5-9)15-16(11)12-13-6-7-14-12/h1-5,8,15H,6-7H2,(H,13,14). The number of hydrogen-bond donors (Lipinski definition) is 2. The summed E-state index contributed by atoms with van der Waals surface area (Å²) < 4.78 is 1.44. The van der Waals surface area contributed by atoms with E-state index in [1.165, 1.54) is 4.68 Å². The molecule has 86 valence electrons. The quantitative estimate of drug-likeness (QED) is 0.752. The first kappa shape index (κ1) is 9.89. The minimum absolute atomic E-state index is 0.1000. The predicted molar refractivity (Wildman–Crippen MR) is 66.2 cm³/mol. The summed E-state index contributed by atoms with van der Waals surface area (Å²) in [6.45, 7) is 1.49. The number of aliphatic imine (C=N–C) groups is 1. The first-order chi connectivity index (χ1) is 8.34. The largest absolute Gasteiger partial charge is 0.353 e. The second-order valence-electron chi connectivity index (χ2n) is 3.84. The van der Waals surface area contributed by atoms with Gasteiger partial charge in [-0.15, -0.1) is 0 Å². The minimum Gasteiger partial charge on any atom is -0.353 e. The van der Waals surface area contributed by atoms with E-state index >= 15 is 0 Å². The molecule has 2 aromatic rings. The molecule has 5 nitrogen and oxygen atoms in total. The van der Waals surface area contributed by atoms with Crippen LogP contribution in [-0.4, -0.2) is 28.8 Å². The van der Waals surface area contributed by atoms with E-state index in [4.69, 9.17) is 0 Å². The number of benzene rings is 1. The van der Waals surface area contributed by atoms with Crippen LogP contribution < -0.4 is 10.9 Å². The summed E-state index contributed by atoms with van der Waals surface area (Å²) in [5.74, 6) is 0.595. The van der Waals surface area contributed by atoms with Crippen molar-refractivity contribution < 1.29 is 0 Å². The molecule has 3 rings (SSSR count). The molecule has 2 heterocycles. The molecular weight excluding hydrogens is 216 g/mol. The first-order valence-electron chi connectivity index (χ1n) is 5.51. The van der Waals surface area contributed by atoms with Crippen LogP contribution in [0.1, 0.15) is 0 Å². The van der Waals surface area contributed by atoms with Gasteiger partial charge in [-0.1, -0.05) is 30.3 Å². The zero-order valence-corrected chi connectivity index (χ0v) is 9.18. The molecule has 1 aliphatic rings. The topological polar surface area (TPSA) is 62.2 Å². The molecule has 0 saturated carbocycles. The van der Waals surface area contributed by atoms with Gasteiger partial charge in [-0.25, -0.2) is 4.99 Å². The normalized spacial score (nSPS) is 14.5. The van der Waals surface area contributed by atoms with Gasteiger partial charge in [0.05, 0.1) is 12.2 Å². The summed E-state index contributed by atoms with van der Waals surface area (Å²) in [6.07, 6.45) is 0. The van der Waals surface area contributed by atoms with Gasteiger partial charge >= 0.3 is 0 Å². The Balaban J connectivity index is 2.04. The predicted octanol–water partition coefficient (Wildman–Crippen LogP) is 0.651. The summed E-state index contributed by atoms with van der Waals surface area (Å²) >= 11 is 0. The minimum atomic E-state index is -0.1000. The lowest BCUT2D eigenvalue weighted by Crippen LogP contribution is -2.33. The lowest BCUT2D eigenvalue weighted by Gasteiger charge is -2.01. The number of aromatic nitrogens is 2. The maximum atomic E-state index is 11.8. The van der Waals surface area contributed by atoms with Crippen molar-refractivity contribution in [3.05, 3.63) is 46.8 Å². The summed E-state index contributed by atoms with van der Waals surface area (Å²) in [6, 6.07) is 11.3. The van der Waals surface area contributed by atoms with E-state index in [9.17, 15) is 4.79 Å². The van der Waals surface area contributed by atoms with Crippen LogP contribution in [0.4, 0.5) is 0 Å². The van der Waals surface area contributed by atoms with Crippen LogP contribution in [-0.2, 0) is 0 Å². The van der Waals surface area contributed by atoms with E-state index in [2.05, 4.69) is 15.4 Å². The number of hydrogen-bond acceptors (Lipinski definition) is 3. The molecule has 0 amide bonds. The van der Waals surface area contributed by atoms with E-state index in [1.807, 2.05) is 30.3 Å². The molecule has 0 spiro atoms. The Kier molecular flexibility index (Phi) is 2.29. The first-order valence-corrected chi connectivity index (χ1v) is 5.51. The van der Waals surface area contributed by atoms with E-state index < -0.39 is 0 Å². The van der Waals surface area contributed by atoms with Crippen molar-refractivity contribution in [3.63, 3.8) is 0 Å². The smallest absolute Gasteiger partial charge is 0.274 e. The number of nitrogens with zero attached hydrogens (tertiary/aromatic N) is 2. The van der Waals surface area contributed by atoms with Crippen LogP contribution in [0.2, 0.25) is 0 Å². The molecule has 0 saturated heterocycles. The van der Waals surface area contributed by atoms with Gasteiger partial charge in [-0.3, -0.25) is 9.89 Å². The lowest BCUT2D eigenvalue weighted by molar-refractivity contribution is 0.854. The summed E-state index contributed by atoms with van der Waals surface area (Å²) in [5, 5.41) is 6.11. The second kappa shape index (κ2) is 3.93. The molecule has 0 radical (unpaired) electrons. The third-order valence-electron chi connectivity index (χ3n) is 2.67. The Labute approximate surface area is 97.8 Å². The van der Waals surface area contributed by atoms with Crippen molar-refractivity contribution >= 4 is 5.96 Å². The summed E-state index contributed by atoms with van der Waals surface area (Å²) in [7, 11) is 0. The van der Waals surface area contributed by atoms with Crippen LogP contribution in [0.5, 0.6) is 0 Å². The molecule has 2 N–H and O–H groups in total. The molecule has 17 heavy (non-hydrogen) atoms. The molecule has 1 aliphatic heterocycles. The van der Waals surface area contributed by atoms with Gasteiger partial charge in [0, 0.05) is 12.6 Å². The zero-order chi connectivity index (χ0) is 11.7. The number of aromatic amines is 1. The highest BCUT2D eigenvalue weighted by atomic mass is 16.1. The van der Waals surface area contributed by atoms with Crippen LogP contribution in [0, 0.1) is 0 Å². The maximum Gasteiger partial charge on any atom is 0.274 e. The number of H-pyrrole nitrogens is 1. The SMILES string of the molecule is O=c1cc(-c2ccccc2)[nH]n1C1=NCCN1. The molecule has 1 aromatic carbocycles. The van der Waals surface area contributed by atoms with Gasteiger partial charge in [0.2, 0.25) is 5.96 Å². The Morgan fingerprint density at radius 3 is 2.76 bits per heavy atom. The Morgan fingerprint density at radius 2 is 2.06 bits per heavy atom. The molecule has 0 atom stereocenters. The third-order valence-corrected chi connectivity index (χ3v) is 2.67. The highest BCUT2D eigenvalue weighted by molar-refractivity contribution is 5.83. The van der Waals surface area contributed by atoms with Gasteiger partial charge < -0.3 is 5.32 Å². The highest BCUT2D eigenvalue weighted by Crippen LogP contribution is 2.13. The van der Waals surface area contributed by atoms with Gasteiger partial charge in [-0.05, 0) is 5.56 Å². The van der Waals surface area contributed by atoms with Crippen molar-refractivity contribution in [2.45, 2.75) is 0 Å². The monoisotopic (exact) mass is 228 g/mol. The molecule has 5 heteroatoms. The van der Waals surface area contributed by atoms with Crippen LogP contribution >= 0.6 is 0 Å². The number of nitrogens with one attached hydrogen (secondary N) is 2. The van der Waals surface area contributed by atoms with Crippen molar-refractivity contribution in [3.8, 4) is 11.3 Å². The number of rotatable bonds is 1. The Bertz CT molecular complexity index is 609. The highest BCUT2D eigenvalue weighted by Gasteiger charge is 2.12. The second-order valence-corrected chi connectivity index (χ2v) is 3.84. The molecular formula is C12H12N4O. The van der Waals surface area contributed by atoms with Crippen molar-refractivity contribution in [1.29, 1.82) is 0 Å².